The van der Waals surface area contributed by atoms with Crippen molar-refractivity contribution in [2.75, 3.05) is 11.5 Å². The van der Waals surface area contributed by atoms with Crippen molar-refractivity contribution in [3.63, 3.8) is 0 Å². The van der Waals surface area contributed by atoms with E-state index in [0.717, 1.165) is 4.90 Å². The minimum atomic E-state index is -0.684. The lowest BCUT2D eigenvalue weighted by atomic mass is 10.1. The molecule has 2 amide bonds. The third-order valence-corrected chi connectivity index (χ3v) is 5.05. The number of benzene rings is 3. The van der Waals surface area contributed by atoms with Crippen LogP contribution >= 0.6 is 0 Å². The van der Waals surface area contributed by atoms with Crippen LogP contribution in [0, 0.1) is 10.1 Å². The van der Waals surface area contributed by atoms with Crippen LogP contribution in [0.3, 0.4) is 0 Å². The summed E-state index contributed by atoms with van der Waals surface area (Å²) in [5, 5.41) is 10.7. The average Bonchev–Trinajstić information content (AvgIpc) is 3.08. The minimum Gasteiger partial charge on any atom is -0.494 e. The zero-order chi connectivity index (χ0) is 23.5. The summed E-state index contributed by atoms with van der Waals surface area (Å²) in [6, 6.07) is 16.4. The molecule has 0 fully saturated rings. The van der Waals surface area contributed by atoms with Crippen molar-refractivity contribution < 1.29 is 28.8 Å². The Hall–Kier alpha value is -4.53. The Balaban J connectivity index is 1.48. The molecule has 9 nitrogen and oxygen atoms in total. The number of nitro benzene ring substituents is 1. The molecule has 3 aromatic rings. The maximum Gasteiger partial charge on any atom is 0.338 e. The van der Waals surface area contributed by atoms with Crippen molar-refractivity contribution in [1.29, 1.82) is 0 Å². The van der Waals surface area contributed by atoms with E-state index in [1.807, 2.05) is 6.92 Å². The summed E-state index contributed by atoms with van der Waals surface area (Å²) in [4.78, 5) is 49.4. The zero-order valence-electron chi connectivity index (χ0n) is 17.5. The monoisotopic (exact) mass is 446 g/mol. The Morgan fingerprint density at radius 2 is 1.61 bits per heavy atom. The maximum absolute atomic E-state index is 12.9. The Morgan fingerprint density at radius 3 is 2.24 bits per heavy atom. The molecule has 3 aromatic carbocycles. The van der Waals surface area contributed by atoms with Crippen LogP contribution in [0.2, 0.25) is 0 Å². The van der Waals surface area contributed by atoms with Crippen molar-refractivity contribution >= 4 is 29.2 Å². The Morgan fingerprint density at radius 1 is 0.939 bits per heavy atom. The quantitative estimate of drug-likeness (QED) is 0.232. The lowest BCUT2D eigenvalue weighted by Crippen LogP contribution is -2.29. The summed E-state index contributed by atoms with van der Waals surface area (Å²) >= 11 is 0. The van der Waals surface area contributed by atoms with E-state index in [1.54, 1.807) is 24.3 Å². The smallest absolute Gasteiger partial charge is 0.338 e. The van der Waals surface area contributed by atoms with E-state index in [4.69, 9.17) is 9.47 Å². The normalized spacial score (nSPS) is 12.5. The molecule has 0 radical (unpaired) electrons. The van der Waals surface area contributed by atoms with Crippen LogP contribution in [0.25, 0.3) is 0 Å². The lowest BCUT2D eigenvalue weighted by Gasteiger charge is -2.14. The molecular weight excluding hydrogens is 428 g/mol. The standard InChI is InChI=1S/C24H18N2O7/c1-2-32-19-10-8-17(9-11-19)25-22(27)20-12-5-16(13-21(20)23(25)28)24(29)33-14-15-3-6-18(7-4-15)26(30)31/h3-13H,2,14H2,1H3. The number of nitro groups is 1. The van der Waals surface area contributed by atoms with Crippen LogP contribution in [0.15, 0.2) is 66.7 Å². The summed E-state index contributed by atoms with van der Waals surface area (Å²) in [6.45, 7) is 2.25. The predicted octanol–water partition coefficient (Wildman–Crippen LogP) is 4.15. The average molecular weight is 446 g/mol. The fourth-order valence-corrected chi connectivity index (χ4v) is 3.41. The van der Waals surface area contributed by atoms with Gasteiger partial charge in [-0.25, -0.2) is 9.69 Å². The first-order valence-electron chi connectivity index (χ1n) is 10.0. The van der Waals surface area contributed by atoms with Gasteiger partial charge < -0.3 is 9.47 Å². The Bertz CT molecular complexity index is 1250. The highest BCUT2D eigenvalue weighted by molar-refractivity contribution is 6.34. The molecule has 0 unspecified atom stereocenters. The molecule has 1 aliphatic rings. The second kappa shape index (κ2) is 8.91. The molecule has 0 saturated heterocycles. The fourth-order valence-electron chi connectivity index (χ4n) is 3.41. The molecule has 9 heteroatoms. The number of esters is 1. The third kappa shape index (κ3) is 4.29. The molecule has 1 heterocycles. The summed E-state index contributed by atoms with van der Waals surface area (Å²) in [6.07, 6.45) is 0. The lowest BCUT2D eigenvalue weighted by molar-refractivity contribution is -0.384. The number of amides is 2. The van der Waals surface area contributed by atoms with E-state index < -0.39 is 22.7 Å². The Labute approximate surface area is 188 Å². The number of anilines is 1. The van der Waals surface area contributed by atoms with E-state index in [2.05, 4.69) is 0 Å². The van der Waals surface area contributed by atoms with Crippen molar-refractivity contribution in [3.05, 3.63) is 99.1 Å². The molecule has 33 heavy (non-hydrogen) atoms. The first kappa shape index (κ1) is 21.7. The van der Waals surface area contributed by atoms with Gasteiger partial charge in [-0.2, -0.15) is 0 Å². The highest BCUT2D eigenvalue weighted by atomic mass is 16.6. The van der Waals surface area contributed by atoms with Gasteiger partial charge >= 0.3 is 5.97 Å². The zero-order valence-corrected chi connectivity index (χ0v) is 17.5. The molecule has 4 rings (SSSR count). The van der Waals surface area contributed by atoms with Gasteiger partial charge in [0.15, 0.2) is 0 Å². The first-order chi connectivity index (χ1) is 15.9. The molecule has 0 N–H and O–H groups in total. The molecule has 0 saturated carbocycles. The van der Waals surface area contributed by atoms with Gasteiger partial charge in [-0.05, 0) is 67.1 Å². The van der Waals surface area contributed by atoms with Gasteiger partial charge in [0.2, 0.25) is 0 Å². The van der Waals surface area contributed by atoms with Crippen LogP contribution in [0.1, 0.15) is 43.6 Å². The fraction of sp³-hybridized carbons (Fsp3) is 0.125. The van der Waals surface area contributed by atoms with Crippen LogP contribution < -0.4 is 9.64 Å². The highest BCUT2D eigenvalue weighted by Gasteiger charge is 2.37. The van der Waals surface area contributed by atoms with Gasteiger partial charge in [0.1, 0.15) is 12.4 Å². The molecule has 0 aliphatic carbocycles. The van der Waals surface area contributed by atoms with E-state index in [9.17, 15) is 24.5 Å². The van der Waals surface area contributed by atoms with Gasteiger partial charge in [0, 0.05) is 12.1 Å². The number of fused-ring (bicyclic) bond motifs is 1. The molecule has 0 bridgehead atoms. The van der Waals surface area contributed by atoms with Gasteiger partial charge in [0.25, 0.3) is 17.5 Å². The number of rotatable bonds is 7. The molecule has 166 valence electrons. The van der Waals surface area contributed by atoms with Crippen LogP contribution in [0.5, 0.6) is 5.75 Å². The summed E-state index contributed by atoms with van der Waals surface area (Å²) in [7, 11) is 0. The Kier molecular flexibility index (Phi) is 5.86. The number of non-ortho nitro benzene ring substituents is 1. The second-order valence-electron chi connectivity index (χ2n) is 7.13. The van der Waals surface area contributed by atoms with Gasteiger partial charge in [0.05, 0.1) is 33.9 Å². The molecule has 0 spiro atoms. The first-order valence-corrected chi connectivity index (χ1v) is 10.0. The number of imide groups is 1. The van der Waals surface area contributed by atoms with Crippen molar-refractivity contribution in [3.8, 4) is 5.75 Å². The van der Waals surface area contributed by atoms with E-state index in [1.165, 1.54) is 42.5 Å². The van der Waals surface area contributed by atoms with Crippen LogP contribution in [-0.4, -0.2) is 29.3 Å². The van der Waals surface area contributed by atoms with Gasteiger partial charge in [-0.1, -0.05) is 0 Å². The van der Waals surface area contributed by atoms with Crippen LogP contribution in [0.4, 0.5) is 11.4 Å². The third-order valence-electron chi connectivity index (χ3n) is 5.05. The summed E-state index contributed by atoms with van der Waals surface area (Å²) < 4.78 is 10.6. The van der Waals surface area contributed by atoms with Gasteiger partial charge in [-0.15, -0.1) is 0 Å². The van der Waals surface area contributed by atoms with Crippen molar-refractivity contribution in [1.82, 2.24) is 0 Å². The number of carbonyl (C=O) groups is 3. The number of ether oxygens (including phenoxy) is 2. The van der Waals surface area contributed by atoms with Crippen molar-refractivity contribution in [2.24, 2.45) is 0 Å². The topological polar surface area (TPSA) is 116 Å². The van der Waals surface area contributed by atoms with Gasteiger partial charge in [-0.3, -0.25) is 19.7 Å². The predicted molar refractivity (Wildman–Crippen MR) is 117 cm³/mol. The molecular formula is C24H18N2O7. The van der Waals surface area contributed by atoms with Crippen LogP contribution in [-0.2, 0) is 11.3 Å². The van der Waals surface area contributed by atoms with E-state index >= 15 is 0 Å². The summed E-state index contributed by atoms with van der Waals surface area (Å²) in [5.74, 6) is -1.08. The number of nitrogens with zero attached hydrogens (tertiary/aromatic N) is 2. The molecule has 0 atom stereocenters. The second-order valence-corrected chi connectivity index (χ2v) is 7.13. The summed E-state index contributed by atoms with van der Waals surface area (Å²) in [5.41, 5.74) is 1.32. The SMILES string of the molecule is CCOc1ccc(N2C(=O)c3ccc(C(=O)OCc4ccc([N+](=O)[O-])cc4)cc3C2=O)cc1. The minimum absolute atomic E-state index is 0.0658. The molecule has 1 aliphatic heterocycles. The maximum atomic E-state index is 12.9. The largest absolute Gasteiger partial charge is 0.494 e. The number of hydrogen-bond donors (Lipinski definition) is 0. The van der Waals surface area contributed by atoms with E-state index in [0.29, 0.717) is 23.6 Å². The number of carbonyl (C=O) groups excluding carboxylic acids is 3. The number of hydrogen-bond acceptors (Lipinski definition) is 7. The van der Waals surface area contributed by atoms with Crippen molar-refractivity contribution in [2.45, 2.75) is 13.5 Å². The highest BCUT2D eigenvalue weighted by Crippen LogP contribution is 2.30. The molecule has 0 aromatic heterocycles. The van der Waals surface area contributed by atoms with E-state index in [-0.39, 0.29) is 29.0 Å².